The summed E-state index contributed by atoms with van der Waals surface area (Å²) in [6.45, 7) is 10.6. The number of allylic oxidation sites excluding steroid dienone is 1. The fraction of sp³-hybridized carbons (Fsp3) is 0.912. The van der Waals surface area contributed by atoms with Gasteiger partial charge in [0.25, 0.3) is 0 Å². The molecule has 4 aliphatic carbocycles. The standard InChI is InChI=1S/C34H56O8/c1-20(7-6-14-32(3,4)42-21(2)36)25-10-11-26-24-9-8-22-17-23(41-31-30(39)29(38)28(37)18-40-31)12-16-34(22,19-35)27(24)13-15-33(25,26)5/h8,20,23-31,35,37-39H,6-7,9-19H2,1-5H3/t20-,23+,24+,25-,26+,27+,28-,29-,30+,31+,33-,34-/m1/s1. The largest absolute Gasteiger partial charge is 0.460 e. The zero-order chi connectivity index (χ0) is 30.4. The predicted molar refractivity (Wildman–Crippen MR) is 158 cm³/mol. The molecule has 0 bridgehead atoms. The van der Waals surface area contributed by atoms with E-state index in [-0.39, 0.29) is 30.7 Å². The molecule has 0 aromatic carbocycles. The Kier molecular flexibility index (Phi) is 9.55. The average molecular weight is 593 g/mol. The number of fused-ring (bicyclic) bond motifs is 5. The minimum atomic E-state index is -1.28. The topological polar surface area (TPSA) is 126 Å². The van der Waals surface area contributed by atoms with Gasteiger partial charge in [-0.3, -0.25) is 4.79 Å². The highest BCUT2D eigenvalue weighted by Crippen LogP contribution is 2.67. The summed E-state index contributed by atoms with van der Waals surface area (Å²) in [5.41, 5.74) is 1.02. The van der Waals surface area contributed by atoms with Crippen LogP contribution in [-0.4, -0.2) is 75.9 Å². The summed E-state index contributed by atoms with van der Waals surface area (Å²) in [7, 11) is 0. The molecule has 0 aromatic rings. The number of rotatable bonds is 9. The molecule has 1 heterocycles. The summed E-state index contributed by atoms with van der Waals surface area (Å²) in [5, 5.41) is 41.2. The highest BCUT2D eigenvalue weighted by molar-refractivity contribution is 5.66. The Morgan fingerprint density at radius 3 is 2.60 bits per heavy atom. The maximum absolute atomic E-state index is 11.5. The van der Waals surface area contributed by atoms with Gasteiger partial charge in [-0.15, -0.1) is 0 Å². The van der Waals surface area contributed by atoms with E-state index in [0.29, 0.717) is 41.4 Å². The van der Waals surface area contributed by atoms with Crippen LogP contribution in [0, 0.1) is 40.4 Å². The molecule has 8 nitrogen and oxygen atoms in total. The Balaban J connectivity index is 1.23. The van der Waals surface area contributed by atoms with Crippen LogP contribution in [0.3, 0.4) is 0 Å². The Morgan fingerprint density at radius 2 is 1.88 bits per heavy atom. The first-order valence-electron chi connectivity index (χ1n) is 16.6. The van der Waals surface area contributed by atoms with Gasteiger partial charge < -0.3 is 34.6 Å². The van der Waals surface area contributed by atoms with Crippen LogP contribution in [-0.2, 0) is 19.0 Å². The summed E-state index contributed by atoms with van der Waals surface area (Å²) in [6, 6.07) is 0. The molecule has 1 saturated heterocycles. The number of aliphatic hydroxyl groups excluding tert-OH is 4. The number of hydrogen-bond acceptors (Lipinski definition) is 8. The molecule has 4 fully saturated rings. The maximum Gasteiger partial charge on any atom is 0.303 e. The lowest BCUT2D eigenvalue weighted by Crippen LogP contribution is -2.56. The fourth-order valence-corrected chi connectivity index (χ4v) is 10.4. The molecule has 8 heteroatoms. The zero-order valence-corrected chi connectivity index (χ0v) is 26.5. The number of esters is 1. The van der Waals surface area contributed by atoms with E-state index in [4.69, 9.17) is 14.2 Å². The van der Waals surface area contributed by atoms with E-state index in [1.165, 1.54) is 31.8 Å². The Morgan fingerprint density at radius 1 is 1.12 bits per heavy atom. The molecule has 1 aliphatic heterocycles. The summed E-state index contributed by atoms with van der Waals surface area (Å²) in [4.78, 5) is 11.5. The number of aliphatic hydroxyl groups is 4. The smallest absolute Gasteiger partial charge is 0.303 e. The molecule has 0 radical (unpaired) electrons. The molecule has 0 spiro atoms. The van der Waals surface area contributed by atoms with Gasteiger partial charge in [-0.2, -0.15) is 0 Å². The molecule has 3 saturated carbocycles. The number of carbonyl (C=O) groups excluding carboxylic acids is 1. The van der Waals surface area contributed by atoms with Crippen LogP contribution in [0.4, 0.5) is 0 Å². The third kappa shape index (κ3) is 5.97. The third-order valence-corrected chi connectivity index (χ3v) is 12.5. The van der Waals surface area contributed by atoms with E-state index in [1.807, 2.05) is 13.8 Å². The van der Waals surface area contributed by atoms with Crippen LogP contribution in [0.1, 0.15) is 105 Å². The second-order valence-electron chi connectivity index (χ2n) is 15.4. The monoisotopic (exact) mass is 592 g/mol. The molecule has 240 valence electrons. The minimum absolute atomic E-state index is 0.0608. The van der Waals surface area contributed by atoms with Crippen molar-refractivity contribution in [1.82, 2.24) is 0 Å². The lowest BCUT2D eigenvalue weighted by atomic mass is 9.46. The molecule has 12 atom stereocenters. The normalized spacial score (nSPS) is 44.4. The number of hydrogen-bond donors (Lipinski definition) is 4. The van der Waals surface area contributed by atoms with E-state index in [9.17, 15) is 25.2 Å². The van der Waals surface area contributed by atoms with Gasteiger partial charge in [0.15, 0.2) is 6.29 Å². The van der Waals surface area contributed by atoms with Crippen molar-refractivity contribution in [3.63, 3.8) is 0 Å². The third-order valence-electron chi connectivity index (χ3n) is 12.5. The van der Waals surface area contributed by atoms with Gasteiger partial charge in [-0.1, -0.05) is 31.9 Å². The van der Waals surface area contributed by atoms with Gasteiger partial charge in [0.1, 0.15) is 23.9 Å². The maximum atomic E-state index is 11.5. The molecular weight excluding hydrogens is 536 g/mol. The quantitative estimate of drug-likeness (QED) is 0.228. The molecular formula is C34H56O8. The number of ether oxygens (including phenoxy) is 3. The first-order chi connectivity index (χ1) is 19.8. The van der Waals surface area contributed by atoms with E-state index in [2.05, 4.69) is 19.9 Å². The van der Waals surface area contributed by atoms with Crippen molar-refractivity contribution >= 4 is 5.97 Å². The predicted octanol–water partition coefficient (Wildman–Crippen LogP) is 4.51. The van der Waals surface area contributed by atoms with Crippen molar-refractivity contribution < 1.29 is 39.4 Å². The van der Waals surface area contributed by atoms with Crippen LogP contribution in [0.25, 0.3) is 0 Å². The van der Waals surface area contributed by atoms with Gasteiger partial charge in [-0.25, -0.2) is 0 Å². The zero-order valence-electron chi connectivity index (χ0n) is 26.5. The lowest BCUT2D eigenvalue weighted by Gasteiger charge is -2.59. The average Bonchev–Trinajstić information content (AvgIpc) is 3.29. The van der Waals surface area contributed by atoms with Crippen molar-refractivity contribution in [3.8, 4) is 0 Å². The highest BCUT2D eigenvalue weighted by Gasteiger charge is 2.60. The lowest BCUT2D eigenvalue weighted by molar-refractivity contribution is -0.285. The van der Waals surface area contributed by atoms with Crippen molar-refractivity contribution in [2.24, 2.45) is 40.4 Å². The van der Waals surface area contributed by atoms with Gasteiger partial charge in [0, 0.05) is 12.3 Å². The second kappa shape index (κ2) is 12.4. The van der Waals surface area contributed by atoms with Crippen molar-refractivity contribution in [2.75, 3.05) is 13.2 Å². The van der Waals surface area contributed by atoms with Crippen molar-refractivity contribution in [1.29, 1.82) is 0 Å². The molecule has 0 aromatic heterocycles. The summed E-state index contributed by atoms with van der Waals surface area (Å²) in [5.74, 6) is 2.88. The molecule has 4 N–H and O–H groups in total. The van der Waals surface area contributed by atoms with Gasteiger partial charge in [-0.05, 0) is 113 Å². The number of carbonyl (C=O) groups is 1. The Hall–Kier alpha value is -1.03. The van der Waals surface area contributed by atoms with Crippen LogP contribution < -0.4 is 0 Å². The first kappa shape index (κ1) is 32.4. The molecule has 0 amide bonds. The van der Waals surface area contributed by atoms with Crippen LogP contribution >= 0.6 is 0 Å². The van der Waals surface area contributed by atoms with E-state index >= 15 is 0 Å². The van der Waals surface area contributed by atoms with E-state index in [1.54, 1.807) is 0 Å². The highest BCUT2D eigenvalue weighted by atomic mass is 16.7. The van der Waals surface area contributed by atoms with Crippen LogP contribution in [0.5, 0.6) is 0 Å². The SMILES string of the molecule is CC(=O)OC(C)(C)CCC[C@@H](C)[C@H]1CC[C@H]2[C@@H]3CC=C4C[C@@H](O[C@@H]5OC[C@@H](O)[C@@H](O)[C@@H]5O)CC[C@]4(CO)[C@H]3CC[C@]12C. The molecule has 0 unspecified atom stereocenters. The summed E-state index contributed by atoms with van der Waals surface area (Å²) in [6.07, 6.45) is 9.07. The van der Waals surface area contributed by atoms with Crippen molar-refractivity contribution in [2.45, 2.75) is 142 Å². The summed E-state index contributed by atoms with van der Waals surface area (Å²) >= 11 is 0. The van der Waals surface area contributed by atoms with Crippen molar-refractivity contribution in [3.05, 3.63) is 11.6 Å². The van der Waals surface area contributed by atoms with Crippen LogP contribution in [0.2, 0.25) is 0 Å². The van der Waals surface area contributed by atoms with Gasteiger partial charge >= 0.3 is 5.97 Å². The van der Waals surface area contributed by atoms with Crippen LogP contribution in [0.15, 0.2) is 11.6 Å². The van der Waals surface area contributed by atoms with Gasteiger partial charge in [0.05, 0.1) is 19.3 Å². The van der Waals surface area contributed by atoms with E-state index in [0.717, 1.165) is 44.9 Å². The van der Waals surface area contributed by atoms with E-state index < -0.39 is 30.2 Å². The fourth-order valence-electron chi connectivity index (χ4n) is 10.4. The molecule has 42 heavy (non-hydrogen) atoms. The summed E-state index contributed by atoms with van der Waals surface area (Å²) < 4.78 is 17.2. The first-order valence-corrected chi connectivity index (χ1v) is 16.6. The Bertz CT molecular complexity index is 996. The van der Waals surface area contributed by atoms with Gasteiger partial charge in [0.2, 0.25) is 0 Å². The second-order valence-corrected chi connectivity index (χ2v) is 15.4. The minimum Gasteiger partial charge on any atom is -0.460 e. The Labute approximate surface area is 252 Å². The molecule has 5 aliphatic rings. The molecule has 5 rings (SSSR count).